The van der Waals surface area contributed by atoms with Crippen LogP contribution in [0.4, 0.5) is 24.8 Å². The van der Waals surface area contributed by atoms with Crippen LogP contribution in [0.3, 0.4) is 0 Å². The van der Waals surface area contributed by atoms with Crippen molar-refractivity contribution in [3.8, 4) is 0 Å². The van der Waals surface area contributed by atoms with E-state index in [4.69, 9.17) is 0 Å². The van der Waals surface area contributed by atoms with Crippen molar-refractivity contribution in [2.75, 3.05) is 5.32 Å². The zero-order valence-electron chi connectivity index (χ0n) is 14.1. The fraction of sp³-hybridized carbons (Fsp3) is 0.167. The van der Waals surface area contributed by atoms with Crippen molar-refractivity contribution in [3.05, 3.63) is 81.0 Å². The van der Waals surface area contributed by atoms with E-state index < -0.39 is 23.0 Å². The molecule has 0 amide bonds. The van der Waals surface area contributed by atoms with E-state index in [0.717, 1.165) is 35.1 Å². The molecule has 0 saturated carbocycles. The summed E-state index contributed by atoms with van der Waals surface area (Å²) in [6.07, 6.45) is 0.991. The zero-order valence-corrected chi connectivity index (χ0v) is 14.1. The van der Waals surface area contributed by atoms with Gasteiger partial charge in [-0.3, -0.25) is 4.79 Å². The van der Waals surface area contributed by atoms with E-state index in [9.17, 15) is 18.0 Å². The van der Waals surface area contributed by atoms with Crippen molar-refractivity contribution in [1.29, 1.82) is 0 Å². The van der Waals surface area contributed by atoms with Crippen molar-refractivity contribution >= 4 is 11.6 Å². The van der Waals surface area contributed by atoms with Gasteiger partial charge in [0.15, 0.2) is 17.5 Å². The fourth-order valence-electron chi connectivity index (χ4n) is 2.44. The second kappa shape index (κ2) is 6.99. The predicted molar refractivity (Wildman–Crippen MR) is 90.9 cm³/mol. The summed E-state index contributed by atoms with van der Waals surface area (Å²) < 4.78 is 41.2. The van der Waals surface area contributed by atoms with E-state index in [-0.39, 0.29) is 18.1 Å². The highest BCUT2D eigenvalue weighted by Crippen LogP contribution is 2.21. The molecule has 134 valence electrons. The average Bonchev–Trinajstić information content (AvgIpc) is 2.58. The summed E-state index contributed by atoms with van der Waals surface area (Å²) in [6.45, 7) is 3.69. The number of rotatable bonds is 4. The summed E-state index contributed by atoms with van der Waals surface area (Å²) in [6, 6.07) is 7.46. The van der Waals surface area contributed by atoms with Gasteiger partial charge in [-0.2, -0.15) is 10.1 Å². The highest BCUT2D eigenvalue weighted by Gasteiger charge is 2.13. The number of halogens is 3. The smallest absolute Gasteiger partial charge is 0.293 e. The monoisotopic (exact) mass is 360 g/mol. The minimum absolute atomic E-state index is 0.103. The van der Waals surface area contributed by atoms with Crippen LogP contribution in [-0.2, 0) is 6.54 Å². The Labute approximate surface area is 147 Å². The van der Waals surface area contributed by atoms with Crippen LogP contribution in [0, 0.1) is 31.3 Å². The van der Waals surface area contributed by atoms with Crippen LogP contribution in [0.5, 0.6) is 0 Å². The summed E-state index contributed by atoms with van der Waals surface area (Å²) in [4.78, 5) is 15.5. The lowest BCUT2D eigenvalue weighted by Gasteiger charge is -2.14. The molecule has 1 aromatic heterocycles. The molecule has 1 N–H and O–H groups in total. The Morgan fingerprint density at radius 1 is 1.08 bits per heavy atom. The molecule has 0 aliphatic heterocycles. The molecule has 0 aliphatic carbocycles. The van der Waals surface area contributed by atoms with Crippen molar-refractivity contribution in [2.45, 2.75) is 20.4 Å². The fourth-order valence-corrected chi connectivity index (χ4v) is 2.44. The first-order valence-electron chi connectivity index (χ1n) is 7.75. The van der Waals surface area contributed by atoms with Crippen molar-refractivity contribution in [3.63, 3.8) is 0 Å². The molecule has 0 fully saturated rings. The molecule has 26 heavy (non-hydrogen) atoms. The number of benzene rings is 2. The van der Waals surface area contributed by atoms with Gasteiger partial charge in [0, 0.05) is 5.69 Å². The van der Waals surface area contributed by atoms with Gasteiger partial charge in [0.2, 0.25) is 5.95 Å². The summed E-state index contributed by atoms with van der Waals surface area (Å²) in [5.74, 6) is -4.01. The molecule has 0 saturated heterocycles. The van der Waals surface area contributed by atoms with Crippen LogP contribution in [0.25, 0.3) is 0 Å². The third-order valence-corrected chi connectivity index (χ3v) is 3.78. The molecule has 0 aliphatic rings. The molecule has 0 atom stereocenters. The maximum Gasteiger partial charge on any atom is 0.293 e. The number of hydrogen-bond acceptors (Lipinski definition) is 4. The van der Waals surface area contributed by atoms with E-state index in [0.29, 0.717) is 0 Å². The SMILES string of the molecule is Cc1ccc(C)c(Nc2nc(=O)cnn2Cc2cc(F)c(F)c(F)c2)c1. The van der Waals surface area contributed by atoms with Crippen molar-refractivity contribution in [2.24, 2.45) is 0 Å². The summed E-state index contributed by atoms with van der Waals surface area (Å²) >= 11 is 0. The summed E-state index contributed by atoms with van der Waals surface area (Å²) in [7, 11) is 0. The molecule has 3 aromatic rings. The first-order chi connectivity index (χ1) is 12.3. The lowest BCUT2D eigenvalue weighted by molar-refractivity contribution is 0.444. The highest BCUT2D eigenvalue weighted by molar-refractivity contribution is 5.59. The van der Waals surface area contributed by atoms with Gasteiger partial charge in [0.1, 0.15) is 6.20 Å². The highest BCUT2D eigenvalue weighted by atomic mass is 19.2. The Bertz CT molecular complexity index is 1010. The zero-order chi connectivity index (χ0) is 18.8. The van der Waals surface area contributed by atoms with Gasteiger partial charge in [-0.15, -0.1) is 0 Å². The number of nitrogens with one attached hydrogen (secondary N) is 1. The van der Waals surface area contributed by atoms with Gasteiger partial charge in [0.25, 0.3) is 5.56 Å². The molecular weight excluding hydrogens is 345 g/mol. The van der Waals surface area contributed by atoms with Crippen molar-refractivity contribution in [1.82, 2.24) is 14.8 Å². The van der Waals surface area contributed by atoms with E-state index >= 15 is 0 Å². The van der Waals surface area contributed by atoms with Crippen LogP contribution >= 0.6 is 0 Å². The van der Waals surface area contributed by atoms with Gasteiger partial charge < -0.3 is 5.32 Å². The second-order valence-corrected chi connectivity index (χ2v) is 5.89. The number of anilines is 2. The molecule has 8 heteroatoms. The lowest BCUT2D eigenvalue weighted by Crippen LogP contribution is -2.19. The van der Waals surface area contributed by atoms with Crippen LogP contribution in [0.1, 0.15) is 16.7 Å². The topological polar surface area (TPSA) is 59.8 Å². The molecule has 5 nitrogen and oxygen atoms in total. The first-order valence-corrected chi connectivity index (χ1v) is 7.75. The van der Waals surface area contributed by atoms with Crippen LogP contribution in [0.15, 0.2) is 41.3 Å². The summed E-state index contributed by atoms with van der Waals surface area (Å²) in [5, 5.41) is 6.96. The molecule has 0 radical (unpaired) electrons. The van der Waals surface area contributed by atoms with Gasteiger partial charge in [-0.05, 0) is 48.7 Å². The standard InChI is InChI=1S/C18H15F3N4O/c1-10-3-4-11(2)15(5-10)23-18-24-16(26)8-22-25(18)9-12-6-13(19)17(21)14(20)7-12/h3-8H,9H2,1-2H3,(H,23,24,26). The number of nitrogens with zero attached hydrogens (tertiary/aromatic N) is 3. The predicted octanol–water partition coefficient (Wildman–Crippen LogP) is 3.46. The largest absolute Gasteiger partial charge is 0.324 e. The normalized spacial score (nSPS) is 10.8. The van der Waals surface area contributed by atoms with E-state index in [2.05, 4.69) is 15.4 Å². The van der Waals surface area contributed by atoms with Crippen LogP contribution in [0.2, 0.25) is 0 Å². The lowest BCUT2D eigenvalue weighted by atomic mass is 10.1. The maximum atomic E-state index is 13.4. The number of aryl methyl sites for hydroxylation is 2. The van der Waals surface area contributed by atoms with Gasteiger partial charge in [-0.25, -0.2) is 17.9 Å². The molecular formula is C18H15F3N4O. The second-order valence-electron chi connectivity index (χ2n) is 5.89. The Balaban J connectivity index is 1.98. The Hall–Kier alpha value is -3.16. The molecule has 2 aromatic carbocycles. The molecule has 0 spiro atoms. The van der Waals surface area contributed by atoms with E-state index in [1.165, 1.54) is 4.68 Å². The molecule has 3 rings (SSSR count). The quantitative estimate of drug-likeness (QED) is 0.724. The molecule has 1 heterocycles. The minimum Gasteiger partial charge on any atom is -0.324 e. The number of hydrogen-bond donors (Lipinski definition) is 1. The Morgan fingerprint density at radius 3 is 2.46 bits per heavy atom. The van der Waals surface area contributed by atoms with Crippen molar-refractivity contribution < 1.29 is 13.2 Å². The Kier molecular flexibility index (Phi) is 4.75. The molecule has 0 unspecified atom stereocenters. The number of aromatic nitrogens is 3. The Morgan fingerprint density at radius 2 is 1.77 bits per heavy atom. The molecule has 0 bridgehead atoms. The minimum atomic E-state index is -1.53. The van der Waals surface area contributed by atoms with Gasteiger partial charge >= 0.3 is 0 Å². The average molecular weight is 360 g/mol. The van der Waals surface area contributed by atoms with Gasteiger partial charge in [-0.1, -0.05) is 12.1 Å². The maximum absolute atomic E-state index is 13.4. The van der Waals surface area contributed by atoms with Gasteiger partial charge in [0.05, 0.1) is 6.54 Å². The van der Waals surface area contributed by atoms with E-state index in [1.807, 2.05) is 32.0 Å². The van der Waals surface area contributed by atoms with Crippen LogP contribution < -0.4 is 10.9 Å². The van der Waals surface area contributed by atoms with Crippen LogP contribution in [-0.4, -0.2) is 14.8 Å². The van der Waals surface area contributed by atoms with E-state index in [1.54, 1.807) is 0 Å². The third kappa shape index (κ3) is 3.74. The third-order valence-electron chi connectivity index (χ3n) is 3.78. The first kappa shape index (κ1) is 17.7. The summed E-state index contributed by atoms with van der Waals surface area (Å²) in [5.41, 5.74) is 2.21.